The number of ether oxygens (including phenoxy) is 1. The van der Waals surface area contributed by atoms with Gasteiger partial charge in [0, 0.05) is 30.3 Å². The molecule has 0 aromatic heterocycles. The van der Waals surface area contributed by atoms with Crippen molar-refractivity contribution in [3.05, 3.63) is 65.2 Å². The van der Waals surface area contributed by atoms with Crippen LogP contribution in [-0.2, 0) is 37.7 Å². The van der Waals surface area contributed by atoms with Gasteiger partial charge in [0.15, 0.2) is 0 Å². The standard InChI is InChI=1S/C29H32N4O5/c1-18(20-7-8-20)32(16-19-5-3-2-4-6-19)24(34)17-33-26(36)29(38-27(33)37)12-11-21-15-22(9-10-23(21)29)31-25(35)28(30)13-14-28/h2-6,9-10,15,18,20H,7-8,11-14,16-17,30H2,1H3,(H,31,35)/t18-,29?/m0/s1. The highest BCUT2D eigenvalue weighted by atomic mass is 16.6. The van der Waals surface area contributed by atoms with E-state index < -0.39 is 23.1 Å². The number of fused-ring (bicyclic) bond motifs is 2. The van der Waals surface area contributed by atoms with Crippen LogP contribution in [0.3, 0.4) is 0 Å². The molecule has 0 bridgehead atoms. The molecule has 2 saturated carbocycles. The van der Waals surface area contributed by atoms with E-state index in [1.165, 1.54) is 0 Å². The number of rotatable bonds is 8. The summed E-state index contributed by atoms with van der Waals surface area (Å²) in [6.45, 7) is 2.09. The third-order valence-electron chi connectivity index (χ3n) is 8.46. The molecule has 6 rings (SSSR count). The van der Waals surface area contributed by atoms with Gasteiger partial charge in [-0.1, -0.05) is 36.4 Å². The van der Waals surface area contributed by atoms with E-state index in [0.29, 0.717) is 49.4 Å². The number of carbonyl (C=O) groups is 4. The fourth-order valence-electron chi connectivity index (χ4n) is 5.65. The van der Waals surface area contributed by atoms with Crippen molar-refractivity contribution in [2.24, 2.45) is 11.7 Å². The maximum absolute atomic E-state index is 13.7. The van der Waals surface area contributed by atoms with Crippen LogP contribution in [0.2, 0.25) is 0 Å². The highest BCUT2D eigenvalue weighted by Gasteiger charge is 2.58. The van der Waals surface area contributed by atoms with Crippen molar-refractivity contribution in [3.8, 4) is 0 Å². The number of hydrogen-bond donors (Lipinski definition) is 2. The first kappa shape index (κ1) is 24.6. The van der Waals surface area contributed by atoms with Gasteiger partial charge in [0.25, 0.3) is 5.91 Å². The molecule has 1 aliphatic heterocycles. The van der Waals surface area contributed by atoms with E-state index >= 15 is 0 Å². The topological polar surface area (TPSA) is 122 Å². The van der Waals surface area contributed by atoms with Crippen LogP contribution in [0.15, 0.2) is 48.5 Å². The minimum absolute atomic E-state index is 0.00882. The number of nitrogens with one attached hydrogen (secondary N) is 1. The average Bonchev–Trinajstić information content (AvgIpc) is 3.84. The summed E-state index contributed by atoms with van der Waals surface area (Å²) in [5.41, 5.74) is 6.77. The second-order valence-electron chi connectivity index (χ2n) is 11.2. The molecule has 9 nitrogen and oxygen atoms in total. The Morgan fingerprint density at radius 1 is 1.13 bits per heavy atom. The number of aryl methyl sites for hydroxylation is 1. The van der Waals surface area contributed by atoms with Crippen molar-refractivity contribution >= 4 is 29.5 Å². The van der Waals surface area contributed by atoms with Crippen molar-refractivity contribution in [2.75, 3.05) is 11.9 Å². The molecule has 4 amide bonds. The van der Waals surface area contributed by atoms with Gasteiger partial charge in [0.1, 0.15) is 6.54 Å². The zero-order valence-electron chi connectivity index (χ0n) is 21.4. The number of hydrogen-bond acceptors (Lipinski definition) is 6. The normalized spacial score (nSPS) is 23.7. The zero-order chi connectivity index (χ0) is 26.7. The molecule has 3 fully saturated rings. The molecular weight excluding hydrogens is 484 g/mol. The summed E-state index contributed by atoms with van der Waals surface area (Å²) in [6.07, 6.45) is 3.46. The summed E-state index contributed by atoms with van der Waals surface area (Å²) < 4.78 is 5.72. The monoisotopic (exact) mass is 516 g/mol. The highest BCUT2D eigenvalue weighted by Crippen LogP contribution is 2.46. The lowest BCUT2D eigenvalue weighted by Crippen LogP contribution is -2.47. The number of carbonyl (C=O) groups excluding carboxylic acids is 4. The van der Waals surface area contributed by atoms with E-state index in [0.717, 1.165) is 28.9 Å². The van der Waals surface area contributed by atoms with Crippen molar-refractivity contribution in [2.45, 2.75) is 69.2 Å². The Labute approximate surface area is 221 Å². The number of imide groups is 1. The van der Waals surface area contributed by atoms with E-state index in [1.807, 2.05) is 43.3 Å². The minimum atomic E-state index is -1.44. The van der Waals surface area contributed by atoms with E-state index in [1.54, 1.807) is 17.0 Å². The van der Waals surface area contributed by atoms with Gasteiger partial charge < -0.3 is 20.7 Å². The first-order valence-electron chi connectivity index (χ1n) is 13.3. The summed E-state index contributed by atoms with van der Waals surface area (Å²) >= 11 is 0. The first-order valence-corrected chi connectivity index (χ1v) is 13.3. The number of nitrogens with two attached hydrogens (primary N) is 1. The maximum atomic E-state index is 13.7. The Bertz CT molecular complexity index is 1320. The van der Waals surface area contributed by atoms with E-state index in [-0.39, 0.29) is 24.4 Å². The van der Waals surface area contributed by atoms with Gasteiger partial charge in [-0.2, -0.15) is 0 Å². The van der Waals surface area contributed by atoms with Gasteiger partial charge in [-0.3, -0.25) is 14.4 Å². The summed E-state index contributed by atoms with van der Waals surface area (Å²) in [5.74, 6) is -0.578. The van der Waals surface area contributed by atoms with Gasteiger partial charge in [-0.25, -0.2) is 9.69 Å². The van der Waals surface area contributed by atoms with Gasteiger partial charge in [0.05, 0.1) is 5.54 Å². The van der Waals surface area contributed by atoms with Crippen LogP contribution in [0.5, 0.6) is 0 Å². The van der Waals surface area contributed by atoms with Crippen LogP contribution in [0.25, 0.3) is 0 Å². The summed E-state index contributed by atoms with van der Waals surface area (Å²) in [6, 6.07) is 15.0. The molecule has 2 aromatic carbocycles. The fraction of sp³-hybridized carbons (Fsp3) is 0.448. The molecular formula is C29H32N4O5. The van der Waals surface area contributed by atoms with E-state index in [4.69, 9.17) is 10.5 Å². The SMILES string of the molecule is C[C@@H](C1CC1)N(Cc1ccccc1)C(=O)CN1C(=O)OC2(CCc3cc(NC(=O)C4(N)CC4)ccc32)C1=O. The van der Waals surface area contributed by atoms with Gasteiger partial charge in [0.2, 0.25) is 17.4 Å². The molecule has 198 valence electrons. The molecule has 1 spiro atoms. The smallest absolute Gasteiger partial charge is 0.418 e. The lowest BCUT2D eigenvalue weighted by Gasteiger charge is -2.30. The lowest BCUT2D eigenvalue weighted by molar-refractivity contribution is -0.143. The fourth-order valence-corrected chi connectivity index (χ4v) is 5.65. The zero-order valence-corrected chi connectivity index (χ0v) is 21.4. The Hall–Kier alpha value is -3.72. The molecule has 4 aliphatic rings. The lowest BCUT2D eigenvalue weighted by atomic mass is 9.94. The van der Waals surface area contributed by atoms with Crippen LogP contribution in [0, 0.1) is 5.92 Å². The van der Waals surface area contributed by atoms with Crippen molar-refractivity contribution in [1.82, 2.24) is 9.80 Å². The quantitative estimate of drug-likeness (QED) is 0.556. The van der Waals surface area contributed by atoms with Gasteiger partial charge >= 0.3 is 6.09 Å². The predicted octanol–water partition coefficient (Wildman–Crippen LogP) is 3.06. The maximum Gasteiger partial charge on any atom is 0.418 e. The molecule has 2 aromatic rings. The Balaban J connectivity index is 1.19. The summed E-state index contributed by atoms with van der Waals surface area (Å²) in [5, 5.41) is 2.85. The van der Waals surface area contributed by atoms with Crippen molar-refractivity contribution in [1.29, 1.82) is 0 Å². The number of amides is 4. The molecule has 1 heterocycles. The molecule has 3 N–H and O–H groups in total. The molecule has 9 heteroatoms. The molecule has 0 radical (unpaired) electrons. The van der Waals surface area contributed by atoms with Crippen molar-refractivity contribution in [3.63, 3.8) is 0 Å². The molecule has 1 unspecified atom stereocenters. The molecule has 1 saturated heterocycles. The van der Waals surface area contributed by atoms with Crippen LogP contribution >= 0.6 is 0 Å². The third-order valence-corrected chi connectivity index (χ3v) is 8.46. The number of benzene rings is 2. The minimum Gasteiger partial charge on any atom is -0.427 e. The van der Waals surface area contributed by atoms with Gasteiger partial charge in [-0.05, 0) is 68.2 Å². The predicted molar refractivity (Wildman–Crippen MR) is 139 cm³/mol. The molecule has 3 aliphatic carbocycles. The molecule has 2 atom stereocenters. The van der Waals surface area contributed by atoms with Crippen molar-refractivity contribution < 1.29 is 23.9 Å². The van der Waals surface area contributed by atoms with Gasteiger partial charge in [-0.15, -0.1) is 0 Å². The third kappa shape index (κ3) is 4.24. The average molecular weight is 517 g/mol. The Kier molecular flexibility index (Phi) is 5.79. The molecule has 38 heavy (non-hydrogen) atoms. The van der Waals surface area contributed by atoms with Crippen LogP contribution in [0.1, 0.15) is 55.7 Å². The second-order valence-corrected chi connectivity index (χ2v) is 11.2. The van der Waals surface area contributed by atoms with Crippen LogP contribution < -0.4 is 11.1 Å². The Morgan fingerprint density at radius 3 is 2.55 bits per heavy atom. The number of nitrogens with zero attached hydrogens (tertiary/aromatic N) is 2. The van der Waals surface area contributed by atoms with Crippen LogP contribution in [-0.4, -0.2) is 51.7 Å². The first-order chi connectivity index (χ1) is 18.2. The second kappa shape index (κ2) is 8.94. The summed E-state index contributed by atoms with van der Waals surface area (Å²) in [4.78, 5) is 55.2. The number of anilines is 1. The largest absolute Gasteiger partial charge is 0.427 e. The Morgan fingerprint density at radius 2 is 1.87 bits per heavy atom. The van der Waals surface area contributed by atoms with E-state index in [2.05, 4.69) is 5.32 Å². The van der Waals surface area contributed by atoms with E-state index in [9.17, 15) is 19.2 Å². The summed E-state index contributed by atoms with van der Waals surface area (Å²) in [7, 11) is 0. The highest BCUT2D eigenvalue weighted by molar-refractivity contribution is 6.06. The van der Waals surface area contributed by atoms with Crippen LogP contribution in [0.4, 0.5) is 10.5 Å².